The fourth-order valence-corrected chi connectivity index (χ4v) is 2.77. The normalized spacial score (nSPS) is 20.9. The summed E-state index contributed by atoms with van der Waals surface area (Å²) < 4.78 is 0. The van der Waals surface area contributed by atoms with E-state index in [0.717, 1.165) is 6.54 Å². The van der Waals surface area contributed by atoms with Gasteiger partial charge in [0.05, 0.1) is 0 Å². The van der Waals surface area contributed by atoms with E-state index in [4.69, 9.17) is 5.73 Å². The van der Waals surface area contributed by atoms with Gasteiger partial charge in [-0.05, 0) is 12.8 Å². The highest BCUT2D eigenvalue weighted by Crippen LogP contribution is 2.16. The largest absolute Gasteiger partial charge is 0.370 e. The lowest BCUT2D eigenvalue weighted by atomic mass is 9.98. The zero-order valence-corrected chi connectivity index (χ0v) is 11.8. The summed E-state index contributed by atoms with van der Waals surface area (Å²) in [5.74, 6) is -0.198. The SMILES string of the molecule is NC(=O)CCNC1CCCCCCCCCCC1. The lowest BCUT2D eigenvalue weighted by molar-refractivity contribution is -0.117. The first-order valence-corrected chi connectivity index (χ1v) is 7.81. The van der Waals surface area contributed by atoms with Crippen LogP contribution in [0, 0.1) is 0 Å². The van der Waals surface area contributed by atoms with Crippen LogP contribution in [-0.4, -0.2) is 18.5 Å². The number of carbonyl (C=O) groups excluding carboxylic acids is 1. The van der Waals surface area contributed by atoms with E-state index < -0.39 is 0 Å². The molecule has 0 aromatic carbocycles. The molecule has 0 atom stereocenters. The molecule has 1 aliphatic carbocycles. The minimum Gasteiger partial charge on any atom is -0.370 e. The Hall–Kier alpha value is -0.570. The van der Waals surface area contributed by atoms with E-state index in [-0.39, 0.29) is 5.91 Å². The molecule has 0 saturated heterocycles. The number of nitrogens with two attached hydrogens (primary N) is 1. The van der Waals surface area contributed by atoms with Crippen molar-refractivity contribution in [2.24, 2.45) is 5.73 Å². The zero-order valence-electron chi connectivity index (χ0n) is 11.8. The van der Waals surface area contributed by atoms with E-state index in [2.05, 4.69) is 5.32 Å². The number of amides is 1. The molecule has 1 amide bonds. The number of hydrogen-bond donors (Lipinski definition) is 2. The summed E-state index contributed by atoms with van der Waals surface area (Å²) in [4.78, 5) is 10.7. The summed E-state index contributed by atoms with van der Waals surface area (Å²) in [5, 5.41) is 3.50. The molecule has 18 heavy (non-hydrogen) atoms. The molecule has 3 nitrogen and oxygen atoms in total. The van der Waals surface area contributed by atoms with E-state index in [9.17, 15) is 4.79 Å². The maximum absolute atomic E-state index is 10.7. The third-order valence-corrected chi connectivity index (χ3v) is 3.91. The van der Waals surface area contributed by atoms with Crippen molar-refractivity contribution in [3.8, 4) is 0 Å². The molecule has 0 unspecified atom stereocenters. The molecule has 3 N–H and O–H groups in total. The summed E-state index contributed by atoms with van der Waals surface area (Å²) in [6.07, 6.45) is 15.4. The van der Waals surface area contributed by atoms with Gasteiger partial charge in [0.2, 0.25) is 5.91 Å². The zero-order chi connectivity index (χ0) is 13.1. The monoisotopic (exact) mass is 254 g/mol. The van der Waals surface area contributed by atoms with Crippen LogP contribution >= 0.6 is 0 Å². The van der Waals surface area contributed by atoms with Crippen LogP contribution < -0.4 is 11.1 Å². The van der Waals surface area contributed by atoms with Gasteiger partial charge in [0, 0.05) is 19.0 Å². The predicted molar refractivity (Wildman–Crippen MR) is 76.4 cm³/mol. The molecule has 1 fully saturated rings. The van der Waals surface area contributed by atoms with E-state index >= 15 is 0 Å². The van der Waals surface area contributed by atoms with Gasteiger partial charge < -0.3 is 11.1 Å². The van der Waals surface area contributed by atoms with Crippen molar-refractivity contribution >= 4 is 5.91 Å². The quantitative estimate of drug-likeness (QED) is 0.810. The highest BCUT2D eigenvalue weighted by molar-refractivity contribution is 5.73. The highest BCUT2D eigenvalue weighted by Gasteiger charge is 2.09. The van der Waals surface area contributed by atoms with E-state index in [1.807, 2.05) is 0 Å². The number of primary amides is 1. The first-order valence-electron chi connectivity index (χ1n) is 7.81. The van der Waals surface area contributed by atoms with Crippen molar-refractivity contribution in [2.45, 2.75) is 83.1 Å². The third-order valence-electron chi connectivity index (χ3n) is 3.91. The summed E-state index contributed by atoms with van der Waals surface area (Å²) in [7, 11) is 0. The topological polar surface area (TPSA) is 55.1 Å². The molecule has 1 saturated carbocycles. The number of nitrogens with one attached hydrogen (secondary N) is 1. The van der Waals surface area contributed by atoms with Crippen molar-refractivity contribution in [3.63, 3.8) is 0 Å². The molecule has 0 aliphatic heterocycles. The van der Waals surface area contributed by atoms with Crippen molar-refractivity contribution in [1.82, 2.24) is 5.32 Å². The Morgan fingerprint density at radius 2 is 1.33 bits per heavy atom. The van der Waals surface area contributed by atoms with Gasteiger partial charge in [0.15, 0.2) is 0 Å². The molecule has 106 valence electrons. The fraction of sp³-hybridized carbons (Fsp3) is 0.933. The first kappa shape index (κ1) is 15.5. The van der Waals surface area contributed by atoms with Crippen LogP contribution in [0.25, 0.3) is 0 Å². The highest BCUT2D eigenvalue weighted by atomic mass is 16.1. The van der Waals surface area contributed by atoms with Crippen LogP contribution in [-0.2, 0) is 4.79 Å². The fourth-order valence-electron chi connectivity index (χ4n) is 2.77. The Kier molecular flexibility index (Phi) is 8.92. The van der Waals surface area contributed by atoms with Gasteiger partial charge in [-0.3, -0.25) is 4.79 Å². The lowest BCUT2D eigenvalue weighted by Gasteiger charge is -2.19. The van der Waals surface area contributed by atoms with Crippen molar-refractivity contribution < 1.29 is 4.79 Å². The first-order chi connectivity index (χ1) is 8.79. The van der Waals surface area contributed by atoms with Gasteiger partial charge in [-0.15, -0.1) is 0 Å². The summed E-state index contributed by atoms with van der Waals surface area (Å²) in [6.45, 7) is 0.750. The smallest absolute Gasteiger partial charge is 0.218 e. The third kappa shape index (κ3) is 8.51. The summed E-state index contributed by atoms with van der Waals surface area (Å²) in [6, 6.07) is 0.601. The number of hydrogen-bond acceptors (Lipinski definition) is 2. The van der Waals surface area contributed by atoms with Gasteiger partial charge in [0.1, 0.15) is 0 Å². The van der Waals surface area contributed by atoms with Gasteiger partial charge in [0.25, 0.3) is 0 Å². The Bertz CT molecular complexity index is 207. The molecule has 1 aliphatic rings. The Labute approximate surface area is 112 Å². The molecule has 3 heteroatoms. The van der Waals surface area contributed by atoms with Crippen LogP contribution in [0.5, 0.6) is 0 Å². The van der Waals surface area contributed by atoms with Gasteiger partial charge in [-0.25, -0.2) is 0 Å². The maximum Gasteiger partial charge on any atom is 0.218 e. The van der Waals surface area contributed by atoms with Crippen LogP contribution in [0.2, 0.25) is 0 Å². The molecular formula is C15H30N2O. The minimum absolute atomic E-state index is 0.198. The molecule has 1 rings (SSSR count). The minimum atomic E-state index is -0.198. The standard InChI is InChI=1S/C15H30N2O/c16-15(18)12-13-17-14-10-8-6-4-2-1-3-5-7-9-11-14/h14,17H,1-13H2,(H2,16,18). The van der Waals surface area contributed by atoms with E-state index in [1.165, 1.54) is 70.6 Å². The molecule has 0 heterocycles. The molecule has 0 aromatic heterocycles. The van der Waals surface area contributed by atoms with Crippen LogP contribution in [0.4, 0.5) is 0 Å². The Morgan fingerprint density at radius 3 is 1.78 bits per heavy atom. The van der Waals surface area contributed by atoms with Gasteiger partial charge >= 0.3 is 0 Å². The van der Waals surface area contributed by atoms with Crippen molar-refractivity contribution in [1.29, 1.82) is 0 Å². The summed E-state index contributed by atoms with van der Waals surface area (Å²) in [5.41, 5.74) is 5.17. The van der Waals surface area contributed by atoms with Crippen LogP contribution in [0.1, 0.15) is 77.0 Å². The molecule has 0 bridgehead atoms. The maximum atomic E-state index is 10.7. The predicted octanol–water partition coefficient (Wildman–Crippen LogP) is 3.12. The number of rotatable bonds is 4. The van der Waals surface area contributed by atoms with E-state index in [1.54, 1.807) is 0 Å². The second-order valence-corrected chi connectivity index (χ2v) is 5.63. The van der Waals surface area contributed by atoms with Crippen molar-refractivity contribution in [2.75, 3.05) is 6.54 Å². The summed E-state index contributed by atoms with van der Waals surface area (Å²) >= 11 is 0. The average Bonchev–Trinajstić information content (AvgIpc) is 2.31. The Morgan fingerprint density at radius 1 is 0.889 bits per heavy atom. The molecule has 0 aromatic rings. The second kappa shape index (κ2) is 10.4. The molecule has 0 radical (unpaired) electrons. The van der Waals surface area contributed by atoms with Gasteiger partial charge in [-0.2, -0.15) is 0 Å². The average molecular weight is 254 g/mol. The number of carbonyl (C=O) groups is 1. The van der Waals surface area contributed by atoms with Crippen LogP contribution in [0.15, 0.2) is 0 Å². The molecular weight excluding hydrogens is 224 g/mol. The van der Waals surface area contributed by atoms with Crippen LogP contribution in [0.3, 0.4) is 0 Å². The van der Waals surface area contributed by atoms with Gasteiger partial charge in [-0.1, -0.05) is 57.8 Å². The van der Waals surface area contributed by atoms with E-state index in [0.29, 0.717) is 12.5 Å². The molecule has 0 spiro atoms. The Balaban J connectivity index is 2.20. The van der Waals surface area contributed by atoms with Crippen molar-refractivity contribution in [3.05, 3.63) is 0 Å². The lowest BCUT2D eigenvalue weighted by Crippen LogP contribution is -2.32. The second-order valence-electron chi connectivity index (χ2n) is 5.63.